The van der Waals surface area contributed by atoms with Gasteiger partial charge in [0, 0.05) is 56.4 Å². The van der Waals surface area contributed by atoms with Gasteiger partial charge in [-0.05, 0) is 0 Å². The minimum absolute atomic E-state index is 0. The Kier molecular flexibility index (Phi) is 81.6. The summed E-state index contributed by atoms with van der Waals surface area (Å²) in [4.78, 5) is 43.5. The van der Waals surface area contributed by atoms with Crippen LogP contribution in [0, 0.1) is 0 Å². The first-order valence-corrected chi connectivity index (χ1v) is 7.23. The van der Waals surface area contributed by atoms with Crippen LogP contribution in [-0.4, -0.2) is 112 Å². The van der Waals surface area contributed by atoms with Gasteiger partial charge in [-0.1, -0.05) is 24.4 Å². The van der Waals surface area contributed by atoms with Gasteiger partial charge in [-0.15, -0.1) is 0 Å². The smallest absolute Gasteiger partial charge is 0.753 e. The predicted octanol–water partition coefficient (Wildman–Crippen LogP) is 0.132. The van der Waals surface area contributed by atoms with Gasteiger partial charge in [-0.3, -0.25) is 19.2 Å². The molecule has 13 heteroatoms. The summed E-state index contributed by atoms with van der Waals surface area (Å²) < 4.78 is 0. The summed E-state index contributed by atoms with van der Waals surface area (Å²) in [6.07, 6.45) is 3.00. The summed E-state index contributed by atoms with van der Waals surface area (Å²) in [5, 5.41) is 16.9. The van der Waals surface area contributed by atoms with Crippen LogP contribution in [0.5, 0.6) is 0 Å². The molecule has 0 N–H and O–H groups in total. The van der Waals surface area contributed by atoms with Crippen molar-refractivity contribution in [3.8, 4) is 0 Å². The van der Waals surface area contributed by atoms with Crippen LogP contribution in [0.2, 0.25) is 0 Å². The monoisotopic (exact) mass is 463 g/mol. The SMILES string of the molecule is CN(C)C=O.CN(C)C=O.CN(C)C=O.CN(C)C=O.[Mn+2].[N-]=C=S.[N-]=C=S. The van der Waals surface area contributed by atoms with Crippen LogP contribution in [0.25, 0.3) is 10.8 Å². The Morgan fingerprint density at radius 2 is 0.593 bits per heavy atom. The summed E-state index contributed by atoms with van der Waals surface area (Å²) in [5.41, 5.74) is 0. The molecule has 0 atom stereocenters. The first kappa shape index (κ1) is 44.4. The Morgan fingerprint density at radius 3 is 0.593 bits per heavy atom. The fraction of sp³-hybridized carbons (Fsp3) is 0.571. The van der Waals surface area contributed by atoms with Crippen molar-refractivity contribution in [2.24, 2.45) is 0 Å². The quantitative estimate of drug-likeness (QED) is 0.253. The van der Waals surface area contributed by atoms with E-state index in [-0.39, 0.29) is 17.1 Å². The number of carbonyl (C=O) groups excluding carboxylic acids is 4. The number of rotatable bonds is 4. The maximum atomic E-state index is 9.43. The third-order valence-corrected chi connectivity index (χ3v) is 0.843. The Labute approximate surface area is 183 Å². The molecule has 0 bridgehead atoms. The van der Waals surface area contributed by atoms with Crippen molar-refractivity contribution in [3.05, 3.63) is 10.8 Å². The molecule has 0 aromatic carbocycles. The van der Waals surface area contributed by atoms with E-state index >= 15 is 0 Å². The first-order chi connectivity index (χ1) is 11.9. The third-order valence-electron chi connectivity index (χ3n) is 0.843. The summed E-state index contributed by atoms with van der Waals surface area (Å²) in [7, 11) is 13.5. The van der Waals surface area contributed by atoms with Gasteiger partial charge in [0.1, 0.15) is 0 Å². The number of hydrogen-bond acceptors (Lipinski definition) is 6. The maximum absolute atomic E-state index is 9.43. The molecular formula is C14H28MnN6O4S2. The number of thiocarbonyl (C=S) groups is 2. The molecule has 0 fully saturated rings. The molecule has 0 aliphatic rings. The number of hydrogen-bond donors (Lipinski definition) is 0. The summed E-state index contributed by atoms with van der Waals surface area (Å²) in [5.74, 6) is 0. The van der Waals surface area contributed by atoms with Gasteiger partial charge >= 0.3 is 17.1 Å². The number of isothiocyanates is 2. The molecule has 0 aliphatic heterocycles. The van der Waals surface area contributed by atoms with E-state index in [1.165, 1.54) is 29.9 Å². The van der Waals surface area contributed by atoms with Gasteiger partial charge in [0.2, 0.25) is 25.6 Å². The molecule has 0 unspecified atom stereocenters. The molecule has 0 rings (SSSR count). The molecule has 0 spiro atoms. The van der Waals surface area contributed by atoms with E-state index in [9.17, 15) is 19.2 Å². The fourth-order valence-electron chi connectivity index (χ4n) is 0. The van der Waals surface area contributed by atoms with Crippen molar-refractivity contribution in [1.82, 2.24) is 19.6 Å². The Bertz CT molecular complexity index is 326. The molecule has 0 aliphatic carbocycles. The Morgan fingerprint density at radius 1 is 0.556 bits per heavy atom. The molecule has 157 valence electrons. The number of carbonyl (C=O) groups is 4. The first-order valence-electron chi connectivity index (χ1n) is 6.41. The van der Waals surface area contributed by atoms with E-state index in [4.69, 9.17) is 10.8 Å². The molecule has 0 saturated carbocycles. The number of nitrogens with zero attached hydrogens (tertiary/aromatic N) is 6. The summed E-state index contributed by atoms with van der Waals surface area (Å²) in [6, 6.07) is 0. The second-order valence-electron chi connectivity index (χ2n) is 4.46. The van der Waals surface area contributed by atoms with Crippen molar-refractivity contribution in [2.45, 2.75) is 0 Å². The third kappa shape index (κ3) is 323. The zero-order chi connectivity index (χ0) is 22.6. The zero-order valence-corrected chi connectivity index (χ0v) is 19.6. The average molecular weight is 463 g/mol. The van der Waals surface area contributed by atoms with Crippen molar-refractivity contribution in [3.63, 3.8) is 0 Å². The molecule has 0 heterocycles. The average Bonchev–Trinajstić information content (AvgIpc) is 2.57. The second kappa shape index (κ2) is 49.6. The molecule has 27 heavy (non-hydrogen) atoms. The van der Waals surface area contributed by atoms with E-state index < -0.39 is 0 Å². The molecule has 1 radical (unpaired) electrons. The molecular weight excluding hydrogens is 435 g/mol. The van der Waals surface area contributed by atoms with Gasteiger partial charge in [-0.25, -0.2) is 0 Å². The number of amides is 4. The van der Waals surface area contributed by atoms with Gasteiger partial charge in [0.05, 0.1) is 0 Å². The van der Waals surface area contributed by atoms with E-state index in [2.05, 4.69) is 24.4 Å². The van der Waals surface area contributed by atoms with Crippen molar-refractivity contribution < 1.29 is 36.2 Å². The minimum atomic E-state index is 0. The molecule has 10 nitrogen and oxygen atoms in total. The van der Waals surface area contributed by atoms with E-state index in [0.717, 1.165) is 25.6 Å². The van der Waals surface area contributed by atoms with E-state index in [1.54, 1.807) is 56.4 Å². The van der Waals surface area contributed by atoms with Crippen LogP contribution in [-0.2, 0) is 36.2 Å². The van der Waals surface area contributed by atoms with Crippen LogP contribution in [0.1, 0.15) is 0 Å². The van der Waals surface area contributed by atoms with E-state index in [0.29, 0.717) is 0 Å². The van der Waals surface area contributed by atoms with Crippen LogP contribution in [0.15, 0.2) is 0 Å². The van der Waals surface area contributed by atoms with Gasteiger partial charge in [-0.2, -0.15) is 10.3 Å². The van der Waals surface area contributed by atoms with Crippen molar-refractivity contribution in [2.75, 3.05) is 56.4 Å². The largest absolute Gasteiger partial charge is 2.00 e. The van der Waals surface area contributed by atoms with Gasteiger partial charge < -0.3 is 30.4 Å². The fourth-order valence-corrected chi connectivity index (χ4v) is 0. The Hall–Kier alpha value is -2.00. The van der Waals surface area contributed by atoms with Crippen LogP contribution >= 0.6 is 24.4 Å². The molecule has 0 aromatic heterocycles. The molecule has 4 amide bonds. The van der Waals surface area contributed by atoms with E-state index in [1.807, 2.05) is 0 Å². The predicted molar refractivity (Wildman–Crippen MR) is 111 cm³/mol. The van der Waals surface area contributed by atoms with Crippen LogP contribution in [0.4, 0.5) is 0 Å². The van der Waals surface area contributed by atoms with Crippen LogP contribution < -0.4 is 0 Å². The second-order valence-corrected chi connectivity index (χ2v) is 4.82. The van der Waals surface area contributed by atoms with Crippen molar-refractivity contribution in [1.29, 1.82) is 0 Å². The topological polar surface area (TPSA) is 126 Å². The zero-order valence-electron chi connectivity index (χ0n) is 16.8. The maximum Gasteiger partial charge on any atom is 2.00 e. The standard InChI is InChI=1S/4C3H7NO.2CNS.Mn/c4*1-4(2)3-5;2*2-1-3;/h4*3H,1-2H3;;;/q;;;;2*-1;+2. The van der Waals surface area contributed by atoms with Crippen molar-refractivity contribution >= 4 is 60.4 Å². The van der Waals surface area contributed by atoms with Crippen LogP contribution in [0.3, 0.4) is 0 Å². The normalized spacial score (nSPS) is 5.63. The summed E-state index contributed by atoms with van der Waals surface area (Å²) >= 11 is 7.40. The summed E-state index contributed by atoms with van der Waals surface area (Å²) in [6.45, 7) is 0. The van der Waals surface area contributed by atoms with Gasteiger partial charge in [0.25, 0.3) is 0 Å². The van der Waals surface area contributed by atoms with Gasteiger partial charge in [0.15, 0.2) is 0 Å². The molecule has 0 aromatic rings. The Balaban J connectivity index is -0.0000000358. The minimum Gasteiger partial charge on any atom is -0.753 e. The molecule has 0 saturated heterocycles.